The molecule has 2 rings (SSSR count). The molecule has 2 aliphatic rings. The number of carbonyl (C=O) groups excluding carboxylic acids is 1. The van der Waals surface area contributed by atoms with Crippen LogP contribution < -0.4 is 10.6 Å². The predicted molar refractivity (Wildman–Crippen MR) is 36.9 cm³/mol. The first-order chi connectivity index (χ1) is 4.86. The molecular formula is C7H8N2O. The Morgan fingerprint density at radius 3 is 3.10 bits per heavy atom. The van der Waals surface area contributed by atoms with Gasteiger partial charge in [0.05, 0.1) is 18.8 Å². The third-order valence-corrected chi connectivity index (χ3v) is 1.69. The van der Waals surface area contributed by atoms with E-state index in [1.807, 2.05) is 6.08 Å². The van der Waals surface area contributed by atoms with E-state index in [-0.39, 0.29) is 5.78 Å². The summed E-state index contributed by atoms with van der Waals surface area (Å²) >= 11 is 0. The van der Waals surface area contributed by atoms with Crippen molar-refractivity contribution in [2.45, 2.75) is 6.42 Å². The molecule has 0 atom stereocenters. The minimum Gasteiger partial charge on any atom is -0.369 e. The van der Waals surface area contributed by atoms with Crippen molar-refractivity contribution in [3.05, 3.63) is 23.5 Å². The molecule has 0 amide bonds. The minimum absolute atomic E-state index is 0.176. The standard InChI is InChI=1S/C7H8N2O/c10-5-1-2-6-7(3-5)9-4-8-6/h1-2,8-9H,3-4H2. The largest absolute Gasteiger partial charge is 0.369 e. The molecule has 0 unspecified atom stereocenters. The van der Waals surface area contributed by atoms with Crippen molar-refractivity contribution < 1.29 is 4.79 Å². The lowest BCUT2D eigenvalue weighted by atomic mass is 10.1. The van der Waals surface area contributed by atoms with Gasteiger partial charge in [-0.1, -0.05) is 0 Å². The van der Waals surface area contributed by atoms with Gasteiger partial charge in [0.2, 0.25) is 0 Å². The Bertz CT molecular complexity index is 240. The molecule has 0 fully saturated rings. The van der Waals surface area contributed by atoms with Gasteiger partial charge in [-0.2, -0.15) is 0 Å². The number of hydrogen-bond acceptors (Lipinski definition) is 3. The fourth-order valence-corrected chi connectivity index (χ4v) is 1.17. The Kier molecular flexibility index (Phi) is 1.03. The van der Waals surface area contributed by atoms with Gasteiger partial charge in [-0.05, 0) is 12.2 Å². The summed E-state index contributed by atoms with van der Waals surface area (Å²) in [6, 6.07) is 0. The average molecular weight is 136 g/mol. The first-order valence-electron chi connectivity index (χ1n) is 3.28. The molecule has 1 aliphatic heterocycles. The summed E-state index contributed by atoms with van der Waals surface area (Å²) in [4.78, 5) is 10.8. The van der Waals surface area contributed by atoms with Crippen molar-refractivity contribution in [2.75, 3.05) is 6.67 Å². The monoisotopic (exact) mass is 136 g/mol. The van der Waals surface area contributed by atoms with Crippen LogP contribution in [0.3, 0.4) is 0 Å². The van der Waals surface area contributed by atoms with E-state index in [0.29, 0.717) is 6.42 Å². The zero-order valence-corrected chi connectivity index (χ0v) is 5.48. The fraction of sp³-hybridized carbons (Fsp3) is 0.286. The van der Waals surface area contributed by atoms with Crippen molar-refractivity contribution >= 4 is 5.78 Å². The van der Waals surface area contributed by atoms with Crippen LogP contribution in [0.4, 0.5) is 0 Å². The molecule has 0 aromatic carbocycles. The smallest absolute Gasteiger partial charge is 0.161 e. The van der Waals surface area contributed by atoms with E-state index in [0.717, 1.165) is 18.1 Å². The van der Waals surface area contributed by atoms with Gasteiger partial charge in [0, 0.05) is 5.70 Å². The van der Waals surface area contributed by atoms with Gasteiger partial charge in [-0.3, -0.25) is 4.79 Å². The molecule has 0 bridgehead atoms. The van der Waals surface area contributed by atoms with Crippen molar-refractivity contribution in [3.8, 4) is 0 Å². The quantitative estimate of drug-likeness (QED) is 0.487. The molecule has 3 nitrogen and oxygen atoms in total. The van der Waals surface area contributed by atoms with Crippen molar-refractivity contribution in [1.29, 1.82) is 0 Å². The molecule has 1 heterocycles. The Morgan fingerprint density at radius 1 is 1.30 bits per heavy atom. The van der Waals surface area contributed by atoms with Crippen molar-refractivity contribution in [2.24, 2.45) is 0 Å². The Morgan fingerprint density at radius 2 is 2.20 bits per heavy atom. The molecule has 0 spiro atoms. The van der Waals surface area contributed by atoms with Gasteiger partial charge in [-0.25, -0.2) is 0 Å². The van der Waals surface area contributed by atoms with Gasteiger partial charge in [0.1, 0.15) is 0 Å². The van der Waals surface area contributed by atoms with Gasteiger partial charge in [-0.15, -0.1) is 0 Å². The fourth-order valence-electron chi connectivity index (χ4n) is 1.17. The molecule has 0 radical (unpaired) electrons. The molecular weight excluding hydrogens is 128 g/mol. The highest BCUT2D eigenvalue weighted by atomic mass is 16.1. The van der Waals surface area contributed by atoms with E-state index >= 15 is 0 Å². The highest BCUT2D eigenvalue weighted by Crippen LogP contribution is 2.14. The molecule has 0 aromatic rings. The number of nitrogens with one attached hydrogen (secondary N) is 2. The van der Waals surface area contributed by atoms with E-state index in [1.54, 1.807) is 6.08 Å². The van der Waals surface area contributed by atoms with E-state index in [9.17, 15) is 4.79 Å². The third kappa shape index (κ3) is 0.708. The molecule has 0 saturated carbocycles. The van der Waals surface area contributed by atoms with Crippen molar-refractivity contribution in [1.82, 2.24) is 10.6 Å². The lowest BCUT2D eigenvalue weighted by Crippen LogP contribution is -2.15. The van der Waals surface area contributed by atoms with Gasteiger partial charge in [0.25, 0.3) is 0 Å². The number of carbonyl (C=O) groups is 1. The zero-order chi connectivity index (χ0) is 6.97. The summed E-state index contributed by atoms with van der Waals surface area (Å²) in [7, 11) is 0. The van der Waals surface area contributed by atoms with Gasteiger partial charge in [0.15, 0.2) is 5.78 Å². The number of hydrogen-bond donors (Lipinski definition) is 2. The normalized spacial score (nSPS) is 22.2. The van der Waals surface area contributed by atoms with Gasteiger partial charge >= 0.3 is 0 Å². The van der Waals surface area contributed by atoms with Crippen LogP contribution >= 0.6 is 0 Å². The second-order valence-corrected chi connectivity index (χ2v) is 2.40. The van der Waals surface area contributed by atoms with Crippen molar-refractivity contribution in [3.63, 3.8) is 0 Å². The Hall–Kier alpha value is -1.25. The van der Waals surface area contributed by atoms with Crippen LogP contribution in [-0.4, -0.2) is 12.5 Å². The Labute approximate surface area is 58.8 Å². The Balaban J connectivity index is 2.30. The number of ketones is 1. The first-order valence-corrected chi connectivity index (χ1v) is 3.28. The molecule has 52 valence electrons. The average Bonchev–Trinajstić information content (AvgIpc) is 2.33. The second kappa shape index (κ2) is 1.87. The second-order valence-electron chi connectivity index (χ2n) is 2.40. The topological polar surface area (TPSA) is 41.1 Å². The van der Waals surface area contributed by atoms with E-state index in [2.05, 4.69) is 10.6 Å². The number of rotatable bonds is 0. The molecule has 0 aromatic heterocycles. The zero-order valence-electron chi connectivity index (χ0n) is 5.48. The minimum atomic E-state index is 0.176. The summed E-state index contributed by atoms with van der Waals surface area (Å²) < 4.78 is 0. The first kappa shape index (κ1) is 5.53. The molecule has 0 saturated heterocycles. The van der Waals surface area contributed by atoms with E-state index in [1.165, 1.54) is 0 Å². The van der Waals surface area contributed by atoms with Crippen LogP contribution in [0.2, 0.25) is 0 Å². The van der Waals surface area contributed by atoms with E-state index < -0.39 is 0 Å². The molecule has 3 heteroatoms. The lowest BCUT2D eigenvalue weighted by Gasteiger charge is -2.04. The summed E-state index contributed by atoms with van der Waals surface area (Å²) in [6.45, 7) is 0.752. The van der Waals surface area contributed by atoms with Crippen LogP contribution in [0.1, 0.15) is 6.42 Å². The lowest BCUT2D eigenvalue weighted by molar-refractivity contribution is -0.114. The summed E-state index contributed by atoms with van der Waals surface area (Å²) in [5.41, 5.74) is 2.10. The maximum atomic E-state index is 10.8. The van der Waals surface area contributed by atoms with Crippen LogP contribution in [0.5, 0.6) is 0 Å². The molecule has 2 N–H and O–H groups in total. The summed E-state index contributed by atoms with van der Waals surface area (Å²) in [6.07, 6.45) is 3.96. The SMILES string of the molecule is O=C1C=CC2=C(C1)NCN2. The molecule has 10 heavy (non-hydrogen) atoms. The highest BCUT2D eigenvalue weighted by Gasteiger charge is 2.16. The summed E-state index contributed by atoms with van der Waals surface area (Å²) in [5.74, 6) is 0.176. The number of allylic oxidation sites excluding steroid dienone is 3. The third-order valence-electron chi connectivity index (χ3n) is 1.69. The molecule has 1 aliphatic carbocycles. The van der Waals surface area contributed by atoms with E-state index in [4.69, 9.17) is 0 Å². The predicted octanol–water partition coefficient (Wildman–Crippen LogP) is -0.123. The van der Waals surface area contributed by atoms with Gasteiger partial charge < -0.3 is 10.6 Å². The summed E-state index contributed by atoms with van der Waals surface area (Å²) in [5, 5.41) is 6.19. The highest BCUT2D eigenvalue weighted by molar-refractivity contribution is 5.93. The maximum Gasteiger partial charge on any atom is 0.161 e. The van der Waals surface area contributed by atoms with Crippen LogP contribution in [0, 0.1) is 0 Å². The van der Waals surface area contributed by atoms with Crippen LogP contribution in [0.25, 0.3) is 0 Å². The maximum absolute atomic E-state index is 10.8. The van der Waals surface area contributed by atoms with Crippen LogP contribution in [0.15, 0.2) is 23.5 Å². The van der Waals surface area contributed by atoms with Crippen LogP contribution in [-0.2, 0) is 4.79 Å².